The van der Waals surface area contributed by atoms with Crippen LogP contribution in [0.1, 0.15) is 17.3 Å². The Balaban J connectivity index is 2.26. The molecule has 0 saturated carbocycles. The third kappa shape index (κ3) is 3.39. The molecule has 5 nitrogen and oxygen atoms in total. The van der Waals surface area contributed by atoms with E-state index in [1.165, 1.54) is 0 Å². The first-order chi connectivity index (χ1) is 9.95. The van der Waals surface area contributed by atoms with Gasteiger partial charge in [-0.2, -0.15) is 0 Å². The molecule has 114 valence electrons. The highest BCUT2D eigenvalue weighted by molar-refractivity contribution is 9.10. The molecule has 7 heteroatoms. The maximum absolute atomic E-state index is 12.6. The predicted octanol–water partition coefficient (Wildman–Crippen LogP) is 2.66. The minimum absolute atomic E-state index is 0.133. The molecule has 21 heavy (non-hydrogen) atoms. The Hall–Kier alpha value is -1.11. The van der Waals surface area contributed by atoms with Crippen LogP contribution in [0.15, 0.2) is 22.7 Å². The lowest BCUT2D eigenvalue weighted by Gasteiger charge is -2.29. The van der Waals surface area contributed by atoms with Crippen LogP contribution < -0.4 is 0 Å². The zero-order valence-corrected chi connectivity index (χ0v) is 13.7. The number of hydrogen-bond acceptors (Lipinski definition) is 3. The van der Waals surface area contributed by atoms with E-state index in [-0.39, 0.29) is 19.1 Å². The van der Waals surface area contributed by atoms with Crippen LogP contribution in [0.5, 0.6) is 0 Å². The smallest absolute Gasteiger partial charge is 0.311 e. The van der Waals surface area contributed by atoms with Crippen molar-refractivity contribution in [3.05, 3.63) is 33.3 Å². The molecule has 0 spiro atoms. The van der Waals surface area contributed by atoms with E-state index in [4.69, 9.17) is 16.3 Å². The molecule has 1 aromatic carbocycles. The summed E-state index contributed by atoms with van der Waals surface area (Å²) in [6.07, 6.45) is 0. The third-order valence-corrected chi connectivity index (χ3v) is 4.75. The quantitative estimate of drug-likeness (QED) is 0.877. The molecule has 0 aliphatic carbocycles. The molecular weight excluding hydrogens is 362 g/mol. The first-order valence-electron chi connectivity index (χ1n) is 6.52. The molecular formula is C14H15BrClNO4. The summed E-state index contributed by atoms with van der Waals surface area (Å²) in [4.78, 5) is 25.4. The summed E-state index contributed by atoms with van der Waals surface area (Å²) in [6, 6.07) is 4.45. The van der Waals surface area contributed by atoms with Crippen molar-refractivity contribution < 1.29 is 19.4 Å². The number of likely N-dealkylation sites (N-methyl/N-ethyl adjacent to an activating group) is 1. The predicted molar refractivity (Wildman–Crippen MR) is 81.6 cm³/mol. The number of amides is 1. The lowest BCUT2D eigenvalue weighted by atomic mass is 10.0. The third-order valence-electron chi connectivity index (χ3n) is 3.54. The van der Waals surface area contributed by atoms with E-state index in [1.807, 2.05) is 6.92 Å². The molecule has 1 fully saturated rings. The van der Waals surface area contributed by atoms with Crippen LogP contribution in [0.2, 0.25) is 5.02 Å². The summed E-state index contributed by atoms with van der Waals surface area (Å²) in [5.74, 6) is -1.86. The van der Waals surface area contributed by atoms with Gasteiger partial charge in [-0.25, -0.2) is 0 Å². The van der Waals surface area contributed by atoms with Crippen molar-refractivity contribution in [1.29, 1.82) is 0 Å². The number of carboxylic acids is 1. The fourth-order valence-corrected chi connectivity index (χ4v) is 2.91. The van der Waals surface area contributed by atoms with Gasteiger partial charge in [0.05, 0.1) is 24.3 Å². The molecule has 0 bridgehead atoms. The van der Waals surface area contributed by atoms with Gasteiger partial charge in [-0.3, -0.25) is 9.59 Å². The first-order valence-corrected chi connectivity index (χ1v) is 7.69. The van der Waals surface area contributed by atoms with Gasteiger partial charge in [-0.05, 0) is 41.1 Å². The van der Waals surface area contributed by atoms with Crippen molar-refractivity contribution in [3.8, 4) is 0 Å². The molecule has 1 amide bonds. The van der Waals surface area contributed by atoms with Crippen molar-refractivity contribution in [2.24, 2.45) is 5.92 Å². The Bertz CT molecular complexity index is 566. The van der Waals surface area contributed by atoms with Gasteiger partial charge in [-0.15, -0.1) is 0 Å². The van der Waals surface area contributed by atoms with E-state index in [9.17, 15) is 14.7 Å². The minimum atomic E-state index is -0.943. The number of rotatable bonds is 4. The zero-order chi connectivity index (χ0) is 15.6. The van der Waals surface area contributed by atoms with Crippen LogP contribution in [0.4, 0.5) is 0 Å². The van der Waals surface area contributed by atoms with Crippen LogP contribution in [0.3, 0.4) is 0 Å². The summed E-state index contributed by atoms with van der Waals surface area (Å²) in [5, 5.41) is 9.73. The highest BCUT2D eigenvalue weighted by Crippen LogP contribution is 2.26. The Labute approximate surface area is 136 Å². The number of benzene rings is 1. The molecule has 1 aliphatic rings. The summed E-state index contributed by atoms with van der Waals surface area (Å²) < 4.78 is 5.87. The normalized spacial score (nSPS) is 21.3. The Kier molecular flexibility index (Phi) is 5.24. The van der Waals surface area contributed by atoms with Crippen LogP contribution in [-0.4, -0.2) is 47.7 Å². The number of ether oxygens (including phenoxy) is 1. The minimum Gasteiger partial charge on any atom is -0.481 e. The lowest BCUT2D eigenvalue weighted by Crippen LogP contribution is -2.46. The van der Waals surface area contributed by atoms with Crippen molar-refractivity contribution in [1.82, 2.24) is 4.90 Å². The molecule has 0 radical (unpaired) electrons. The number of halogens is 2. The Morgan fingerprint density at radius 3 is 2.76 bits per heavy atom. The van der Waals surface area contributed by atoms with Gasteiger partial charge in [0.1, 0.15) is 5.92 Å². The van der Waals surface area contributed by atoms with Crippen molar-refractivity contribution >= 4 is 39.4 Å². The molecule has 1 saturated heterocycles. The number of carbonyl (C=O) groups is 2. The van der Waals surface area contributed by atoms with Crippen LogP contribution >= 0.6 is 27.5 Å². The van der Waals surface area contributed by atoms with E-state index in [0.29, 0.717) is 21.6 Å². The van der Waals surface area contributed by atoms with Gasteiger partial charge in [-0.1, -0.05) is 11.6 Å². The second kappa shape index (κ2) is 6.77. The van der Waals surface area contributed by atoms with Crippen LogP contribution in [0.25, 0.3) is 0 Å². The van der Waals surface area contributed by atoms with Crippen molar-refractivity contribution in [2.75, 3.05) is 19.8 Å². The van der Waals surface area contributed by atoms with Gasteiger partial charge in [0.25, 0.3) is 5.91 Å². The topological polar surface area (TPSA) is 66.8 Å². The SMILES string of the molecule is CCN(C(=O)c1ccc(Cl)c(Br)c1)C1COCC1C(=O)O. The van der Waals surface area contributed by atoms with Gasteiger partial charge in [0, 0.05) is 16.6 Å². The standard InChI is InChI=1S/C14H15BrClNO4/c1-2-17(12-7-21-6-9(12)14(19)20)13(18)8-3-4-11(16)10(15)5-8/h3-5,9,12H,2,6-7H2,1H3,(H,19,20). The van der Waals surface area contributed by atoms with E-state index in [0.717, 1.165) is 0 Å². The Morgan fingerprint density at radius 1 is 1.48 bits per heavy atom. The molecule has 2 rings (SSSR count). The summed E-state index contributed by atoms with van der Waals surface area (Å²) in [7, 11) is 0. The lowest BCUT2D eigenvalue weighted by molar-refractivity contribution is -0.142. The monoisotopic (exact) mass is 375 g/mol. The number of aliphatic carboxylic acids is 1. The second-order valence-corrected chi connectivity index (χ2v) is 6.03. The fraction of sp³-hybridized carbons (Fsp3) is 0.429. The van der Waals surface area contributed by atoms with Gasteiger partial charge in [0.2, 0.25) is 0 Å². The molecule has 2 unspecified atom stereocenters. The van der Waals surface area contributed by atoms with E-state index in [1.54, 1.807) is 23.1 Å². The number of nitrogens with zero attached hydrogens (tertiary/aromatic N) is 1. The summed E-state index contributed by atoms with van der Waals surface area (Å²) in [6.45, 7) is 2.61. The first kappa shape index (κ1) is 16.3. The largest absolute Gasteiger partial charge is 0.481 e. The van der Waals surface area contributed by atoms with Gasteiger partial charge >= 0.3 is 5.97 Å². The highest BCUT2D eigenvalue weighted by atomic mass is 79.9. The fourth-order valence-electron chi connectivity index (χ4n) is 2.41. The van der Waals surface area contributed by atoms with Crippen molar-refractivity contribution in [3.63, 3.8) is 0 Å². The maximum Gasteiger partial charge on any atom is 0.311 e. The van der Waals surface area contributed by atoms with E-state index >= 15 is 0 Å². The molecule has 0 aromatic heterocycles. The van der Waals surface area contributed by atoms with Crippen LogP contribution in [-0.2, 0) is 9.53 Å². The molecule has 2 atom stereocenters. The average molecular weight is 377 g/mol. The number of hydrogen-bond donors (Lipinski definition) is 1. The average Bonchev–Trinajstić information content (AvgIpc) is 2.92. The molecule has 1 aromatic rings. The molecule has 1 heterocycles. The van der Waals surface area contributed by atoms with E-state index in [2.05, 4.69) is 15.9 Å². The van der Waals surface area contributed by atoms with Crippen LogP contribution in [0, 0.1) is 5.92 Å². The van der Waals surface area contributed by atoms with Crippen molar-refractivity contribution in [2.45, 2.75) is 13.0 Å². The number of carboxylic acid groups (broad SMARTS) is 1. The Morgan fingerprint density at radius 2 is 2.19 bits per heavy atom. The number of carbonyl (C=O) groups excluding carboxylic acids is 1. The molecule has 1 aliphatic heterocycles. The second-order valence-electron chi connectivity index (χ2n) is 4.77. The summed E-state index contributed by atoms with van der Waals surface area (Å²) in [5.41, 5.74) is 0.462. The highest BCUT2D eigenvalue weighted by Gasteiger charge is 2.39. The summed E-state index contributed by atoms with van der Waals surface area (Å²) >= 11 is 9.20. The maximum atomic E-state index is 12.6. The van der Waals surface area contributed by atoms with Gasteiger partial charge in [0.15, 0.2) is 0 Å². The molecule has 1 N–H and O–H groups in total. The van der Waals surface area contributed by atoms with E-state index < -0.39 is 17.9 Å². The van der Waals surface area contributed by atoms with Gasteiger partial charge < -0.3 is 14.7 Å². The zero-order valence-electron chi connectivity index (χ0n) is 11.4.